The molecule has 2 N–H and O–H groups in total. The lowest BCUT2D eigenvalue weighted by Crippen LogP contribution is -1.96. The van der Waals surface area contributed by atoms with Crippen LogP contribution in [0.1, 0.15) is 45.7 Å². The summed E-state index contributed by atoms with van der Waals surface area (Å²) in [6.45, 7) is 11.0. The number of nitrogens with zero attached hydrogens (tertiary/aromatic N) is 3. The van der Waals surface area contributed by atoms with Crippen LogP contribution in [0, 0.1) is 0 Å². The normalized spacial score (nSPS) is 9.26. The first kappa shape index (κ1) is 21.2. The van der Waals surface area contributed by atoms with Crippen molar-refractivity contribution >= 4 is 36.6 Å². The van der Waals surface area contributed by atoms with Gasteiger partial charge < -0.3 is 10.3 Å². The Morgan fingerprint density at radius 2 is 1.87 bits per heavy atom. The number of hydrogen-bond donors (Lipinski definition) is 1. The molecular formula is C17H26BN4S. The fraction of sp³-hybridized carbons (Fsp3) is 0.412. The van der Waals surface area contributed by atoms with E-state index in [1.165, 1.54) is 17.5 Å². The van der Waals surface area contributed by atoms with E-state index < -0.39 is 0 Å². The quantitative estimate of drug-likeness (QED) is 0.727. The van der Waals surface area contributed by atoms with Crippen molar-refractivity contribution in [2.75, 3.05) is 5.73 Å². The van der Waals surface area contributed by atoms with E-state index in [-0.39, 0.29) is 8.41 Å². The Morgan fingerprint density at radius 1 is 1.17 bits per heavy atom. The molecule has 0 saturated carbocycles. The number of anilines is 1. The number of fused-ring (bicyclic) bond motifs is 1. The van der Waals surface area contributed by atoms with E-state index in [2.05, 4.69) is 44.5 Å². The van der Waals surface area contributed by atoms with Crippen LogP contribution in [0.5, 0.6) is 0 Å². The molecule has 3 rings (SSSR count). The van der Waals surface area contributed by atoms with Gasteiger partial charge in [-0.3, -0.25) is 0 Å². The van der Waals surface area contributed by atoms with Gasteiger partial charge in [-0.2, -0.15) is 11.3 Å². The molecule has 4 nitrogen and oxygen atoms in total. The molecule has 23 heavy (non-hydrogen) atoms. The highest BCUT2D eigenvalue weighted by molar-refractivity contribution is 7.07. The molecule has 0 spiro atoms. The maximum absolute atomic E-state index is 5.99. The molecule has 123 valence electrons. The molecular weight excluding hydrogens is 303 g/mol. The summed E-state index contributed by atoms with van der Waals surface area (Å²) in [4.78, 5) is 8.44. The van der Waals surface area contributed by atoms with E-state index in [9.17, 15) is 0 Å². The average molecular weight is 329 g/mol. The van der Waals surface area contributed by atoms with Gasteiger partial charge >= 0.3 is 0 Å². The lowest BCUT2D eigenvalue weighted by Gasteiger charge is -1.99. The minimum atomic E-state index is 0. The summed E-state index contributed by atoms with van der Waals surface area (Å²) in [5, 5.41) is 5.24. The van der Waals surface area contributed by atoms with Gasteiger partial charge in [-0.15, -0.1) is 0 Å². The molecule has 0 aromatic carbocycles. The van der Waals surface area contributed by atoms with Gasteiger partial charge in [-0.25, -0.2) is 9.97 Å². The summed E-state index contributed by atoms with van der Waals surface area (Å²) in [6.07, 6.45) is 4.54. The SMILES string of the molecule is CC.CC.CCn1cc(Cc2ccsc2)c2c(N)ncnc21.[B]. The first-order valence-corrected chi connectivity index (χ1v) is 8.83. The molecule has 3 heterocycles. The van der Waals surface area contributed by atoms with Gasteiger partial charge in [-0.1, -0.05) is 27.7 Å². The van der Waals surface area contributed by atoms with Crippen LogP contribution >= 0.6 is 11.3 Å². The monoisotopic (exact) mass is 329 g/mol. The standard InChI is InChI=1S/C13H14N4S.2C2H6.B/c1-2-17-6-10(5-9-3-4-18-7-9)11-12(14)15-8-16-13(11)17;2*1-2;/h3-4,6-8H,2,5H2,1H3,(H2,14,15,16);2*1-2H3;. The zero-order chi connectivity index (χ0) is 16.5. The Balaban J connectivity index is 0.000000901. The van der Waals surface area contributed by atoms with Crippen molar-refractivity contribution in [3.63, 3.8) is 0 Å². The maximum Gasteiger partial charge on any atom is 0.145 e. The van der Waals surface area contributed by atoms with Crippen LogP contribution < -0.4 is 5.73 Å². The van der Waals surface area contributed by atoms with Crippen LogP contribution in [0.4, 0.5) is 5.82 Å². The minimum Gasteiger partial charge on any atom is -0.383 e. The zero-order valence-corrected chi connectivity index (χ0v) is 15.5. The summed E-state index contributed by atoms with van der Waals surface area (Å²) in [5.41, 5.74) is 9.42. The fourth-order valence-corrected chi connectivity index (χ4v) is 2.89. The molecule has 3 radical (unpaired) electrons. The van der Waals surface area contributed by atoms with Gasteiger partial charge in [0.2, 0.25) is 0 Å². The lowest BCUT2D eigenvalue weighted by atomic mass is 10.1. The summed E-state index contributed by atoms with van der Waals surface area (Å²) in [5.74, 6) is 0.567. The number of nitrogens with two attached hydrogens (primary N) is 1. The third kappa shape index (κ3) is 4.83. The first-order chi connectivity index (χ1) is 10.8. The van der Waals surface area contributed by atoms with Gasteiger partial charge in [0.1, 0.15) is 17.8 Å². The van der Waals surface area contributed by atoms with Crippen LogP contribution in [0.25, 0.3) is 11.0 Å². The lowest BCUT2D eigenvalue weighted by molar-refractivity contribution is 0.783. The summed E-state index contributed by atoms with van der Waals surface area (Å²) >= 11 is 1.71. The van der Waals surface area contributed by atoms with Crippen LogP contribution in [0.15, 0.2) is 29.4 Å². The van der Waals surface area contributed by atoms with Gasteiger partial charge in [0.25, 0.3) is 0 Å². The number of aromatic nitrogens is 3. The third-order valence-corrected chi connectivity index (χ3v) is 3.81. The van der Waals surface area contributed by atoms with E-state index in [1.807, 2.05) is 27.7 Å². The topological polar surface area (TPSA) is 56.7 Å². The maximum atomic E-state index is 5.99. The molecule has 0 atom stereocenters. The number of aryl methyl sites for hydroxylation is 1. The molecule has 0 aliphatic rings. The highest BCUT2D eigenvalue weighted by atomic mass is 32.1. The molecule has 0 bridgehead atoms. The molecule has 0 saturated heterocycles. The predicted octanol–water partition coefficient (Wildman–Crippen LogP) is 4.36. The highest BCUT2D eigenvalue weighted by Crippen LogP contribution is 2.26. The molecule has 0 fully saturated rings. The van der Waals surface area contributed by atoms with Crippen molar-refractivity contribution < 1.29 is 0 Å². The van der Waals surface area contributed by atoms with Crippen molar-refractivity contribution in [2.24, 2.45) is 0 Å². The number of hydrogen-bond acceptors (Lipinski definition) is 4. The van der Waals surface area contributed by atoms with Gasteiger partial charge in [0.15, 0.2) is 0 Å². The van der Waals surface area contributed by atoms with Crippen LogP contribution in [0.3, 0.4) is 0 Å². The summed E-state index contributed by atoms with van der Waals surface area (Å²) in [7, 11) is 0. The second kappa shape index (κ2) is 10.8. The Labute approximate surface area is 145 Å². The zero-order valence-electron chi connectivity index (χ0n) is 14.7. The molecule has 6 heteroatoms. The highest BCUT2D eigenvalue weighted by Gasteiger charge is 2.12. The molecule has 0 unspecified atom stereocenters. The van der Waals surface area contributed by atoms with E-state index >= 15 is 0 Å². The van der Waals surface area contributed by atoms with E-state index in [0.717, 1.165) is 24.0 Å². The number of thiophene rings is 1. The van der Waals surface area contributed by atoms with Crippen molar-refractivity contribution in [1.29, 1.82) is 0 Å². The third-order valence-electron chi connectivity index (χ3n) is 3.08. The summed E-state index contributed by atoms with van der Waals surface area (Å²) < 4.78 is 2.12. The van der Waals surface area contributed by atoms with Crippen LogP contribution in [-0.2, 0) is 13.0 Å². The van der Waals surface area contributed by atoms with Crippen molar-refractivity contribution in [2.45, 2.75) is 47.6 Å². The van der Waals surface area contributed by atoms with E-state index in [4.69, 9.17) is 5.73 Å². The first-order valence-electron chi connectivity index (χ1n) is 7.89. The second-order valence-corrected chi connectivity index (χ2v) is 4.99. The Bertz CT molecular complexity index is 677. The van der Waals surface area contributed by atoms with Gasteiger partial charge in [0, 0.05) is 27.6 Å². The summed E-state index contributed by atoms with van der Waals surface area (Å²) in [6, 6.07) is 2.14. The van der Waals surface area contributed by atoms with E-state index in [1.54, 1.807) is 11.3 Å². The van der Waals surface area contributed by atoms with Crippen LogP contribution in [-0.4, -0.2) is 22.9 Å². The molecule has 0 aliphatic carbocycles. The molecule has 3 aromatic rings. The van der Waals surface area contributed by atoms with Crippen molar-refractivity contribution in [3.05, 3.63) is 40.5 Å². The molecule has 0 aliphatic heterocycles. The van der Waals surface area contributed by atoms with E-state index in [0.29, 0.717) is 5.82 Å². The minimum absolute atomic E-state index is 0. The van der Waals surface area contributed by atoms with Gasteiger partial charge in [0.05, 0.1) is 5.39 Å². The molecule has 0 amide bonds. The second-order valence-electron chi connectivity index (χ2n) is 4.21. The fourth-order valence-electron chi connectivity index (χ4n) is 2.22. The largest absolute Gasteiger partial charge is 0.383 e. The number of nitrogen functional groups attached to an aromatic ring is 1. The Hall–Kier alpha value is -1.82. The Morgan fingerprint density at radius 3 is 2.43 bits per heavy atom. The van der Waals surface area contributed by atoms with Crippen molar-refractivity contribution in [3.8, 4) is 0 Å². The van der Waals surface area contributed by atoms with Crippen LogP contribution in [0.2, 0.25) is 0 Å². The Kier molecular flexibility index (Phi) is 9.98. The number of rotatable bonds is 3. The molecule has 3 aromatic heterocycles. The average Bonchev–Trinajstić information content (AvgIpc) is 3.20. The van der Waals surface area contributed by atoms with Crippen molar-refractivity contribution in [1.82, 2.24) is 14.5 Å². The predicted molar refractivity (Wildman–Crippen MR) is 103 cm³/mol. The smallest absolute Gasteiger partial charge is 0.145 e. The van der Waals surface area contributed by atoms with Gasteiger partial charge in [-0.05, 0) is 34.9 Å².